The van der Waals surface area contributed by atoms with Crippen molar-refractivity contribution < 1.29 is 50.9 Å². The Morgan fingerprint density at radius 3 is 1.85 bits per heavy atom. The first-order chi connectivity index (χ1) is 11.4. The summed E-state index contributed by atoms with van der Waals surface area (Å²) in [4.78, 5) is 8.19. The fraction of sp³-hybridized carbons (Fsp3) is 0.286. The van der Waals surface area contributed by atoms with E-state index in [1.807, 2.05) is 0 Å². The van der Waals surface area contributed by atoms with E-state index in [0.717, 1.165) is 0 Å². The van der Waals surface area contributed by atoms with Gasteiger partial charge in [0.15, 0.2) is 0 Å². The van der Waals surface area contributed by atoms with Gasteiger partial charge in [0.1, 0.15) is 0 Å². The summed E-state index contributed by atoms with van der Waals surface area (Å²) in [7, 11) is -7.61. The molecule has 0 saturated carbocycles. The second kappa shape index (κ2) is 10.2. The van der Waals surface area contributed by atoms with Crippen LogP contribution in [0.1, 0.15) is 18.3 Å². The minimum Gasteiger partial charge on any atom is -0.748 e. The first-order valence-corrected chi connectivity index (χ1v) is 10.1. The van der Waals surface area contributed by atoms with Crippen molar-refractivity contribution in [3.8, 4) is 0 Å². The zero-order valence-corrected chi connectivity index (χ0v) is 18.6. The minimum absolute atomic E-state index is 0. The van der Waals surface area contributed by atoms with Crippen molar-refractivity contribution in [3.63, 3.8) is 0 Å². The number of rotatable bonds is 4. The monoisotopic (exact) mass is 410 g/mol. The van der Waals surface area contributed by atoms with Crippen LogP contribution in [0.2, 0.25) is 0 Å². The molecule has 138 valence electrons. The molecular weight excluding hydrogens is 391 g/mol. The average Bonchev–Trinajstić information content (AvgIpc) is 2.46. The summed E-state index contributed by atoms with van der Waals surface area (Å²) in [6.45, 7) is 4.85. The molecule has 1 heterocycles. The van der Waals surface area contributed by atoms with Gasteiger partial charge in [-0.3, -0.25) is 0 Å². The first kappa shape index (κ1) is 24.8. The van der Waals surface area contributed by atoms with Crippen molar-refractivity contribution in [3.05, 3.63) is 41.7 Å². The quantitative estimate of drug-likeness (QED) is 0.334. The van der Waals surface area contributed by atoms with Gasteiger partial charge >= 0.3 is 29.6 Å². The molecule has 0 bridgehead atoms. The molecule has 3 N–H and O–H groups in total. The van der Waals surface area contributed by atoms with Crippen LogP contribution in [0.5, 0.6) is 0 Å². The van der Waals surface area contributed by atoms with E-state index in [1.54, 1.807) is 19.9 Å². The van der Waals surface area contributed by atoms with Crippen molar-refractivity contribution in [2.45, 2.75) is 25.7 Å². The Hall–Kier alpha value is -1.24. The van der Waals surface area contributed by atoms with E-state index in [0.29, 0.717) is 17.1 Å². The van der Waals surface area contributed by atoms with Crippen LogP contribution < -0.4 is 40.0 Å². The third-order valence-electron chi connectivity index (χ3n) is 2.75. The van der Waals surface area contributed by atoms with Gasteiger partial charge in [0.2, 0.25) is 5.95 Å². The number of aryl methyl sites for hydroxylation is 2. The van der Waals surface area contributed by atoms with Crippen LogP contribution in [-0.2, 0) is 20.1 Å². The van der Waals surface area contributed by atoms with E-state index in [-0.39, 0.29) is 46.2 Å². The van der Waals surface area contributed by atoms with Crippen LogP contribution in [-0.4, -0.2) is 37.1 Å². The van der Waals surface area contributed by atoms with Crippen LogP contribution in [0.15, 0.2) is 35.2 Å². The fourth-order valence-electron chi connectivity index (χ4n) is 1.60. The molecule has 1 aromatic carbocycles. The second-order valence-electron chi connectivity index (χ2n) is 5.00. The fourth-order valence-corrected chi connectivity index (χ4v) is 2.54. The zero-order chi connectivity index (χ0) is 19.3. The second-order valence-corrected chi connectivity index (χ2v) is 8.37. The van der Waals surface area contributed by atoms with Crippen molar-refractivity contribution in [1.82, 2.24) is 9.97 Å². The Morgan fingerprint density at radius 1 is 1.04 bits per heavy atom. The first-order valence-electron chi connectivity index (χ1n) is 7.07. The number of hydrogen-bond donors (Lipinski definition) is 2. The molecule has 0 spiro atoms. The van der Waals surface area contributed by atoms with Gasteiger partial charge in [-0.2, -0.15) is 0 Å². The number of nitrogens with zero attached hydrogens (tertiary/aromatic N) is 2. The van der Waals surface area contributed by atoms with Crippen LogP contribution >= 0.6 is 0 Å². The van der Waals surface area contributed by atoms with Gasteiger partial charge in [0, 0.05) is 22.8 Å². The Bertz CT molecular complexity index is 912. The average molecular weight is 410 g/mol. The molecule has 0 fully saturated rings. The van der Waals surface area contributed by atoms with Gasteiger partial charge in [-0.05, 0) is 44.2 Å². The molecule has 9 nitrogen and oxygen atoms in total. The predicted octanol–water partition coefficient (Wildman–Crippen LogP) is -1.97. The van der Waals surface area contributed by atoms with Gasteiger partial charge in [-0.15, -0.1) is 0 Å². The van der Waals surface area contributed by atoms with Gasteiger partial charge in [0.05, 0.1) is 15.0 Å². The van der Waals surface area contributed by atoms with Crippen molar-refractivity contribution in [2.75, 3.05) is 16.2 Å². The molecule has 1 aromatic heterocycles. The van der Waals surface area contributed by atoms with E-state index in [4.69, 9.17) is 5.73 Å². The molecule has 2 aromatic rings. The number of anilines is 2. The Morgan fingerprint density at radius 2 is 1.46 bits per heavy atom. The van der Waals surface area contributed by atoms with Crippen LogP contribution in [0.4, 0.5) is 11.6 Å². The van der Waals surface area contributed by atoms with E-state index in [9.17, 15) is 21.4 Å². The molecule has 0 amide bonds. The third-order valence-corrected chi connectivity index (χ3v) is 4.80. The van der Waals surface area contributed by atoms with Crippen molar-refractivity contribution >= 4 is 31.8 Å². The molecule has 0 atom stereocenters. The molecule has 12 heteroatoms. The maximum absolute atomic E-state index is 12.1. The maximum atomic E-state index is 12.1. The number of hydrogen-bond acceptors (Lipinski definition) is 8. The van der Waals surface area contributed by atoms with Gasteiger partial charge in [0.25, 0.3) is 10.0 Å². The van der Waals surface area contributed by atoms with Gasteiger partial charge in [-0.25, -0.2) is 31.5 Å². The Kier molecular flexibility index (Phi) is 9.70. The number of nitrogens with two attached hydrogens (primary N) is 1. The number of sulfonamides is 1. The number of nitrogen functional groups attached to an aromatic ring is 1. The Balaban J connectivity index is 0.000000777. The third kappa shape index (κ3) is 8.92. The van der Waals surface area contributed by atoms with E-state index >= 15 is 0 Å². The van der Waals surface area contributed by atoms with Crippen LogP contribution in [0.25, 0.3) is 0 Å². The predicted molar refractivity (Wildman–Crippen MR) is 93.4 cm³/mol. The maximum Gasteiger partial charge on any atom is 1.00 e. The summed E-state index contributed by atoms with van der Waals surface area (Å²) in [6, 6.07) is 7.68. The molecule has 0 radical (unpaired) electrons. The zero-order valence-electron chi connectivity index (χ0n) is 14.9. The number of benzene rings is 1. The Labute approximate surface area is 175 Å². The molecule has 0 aliphatic carbocycles. The smallest absolute Gasteiger partial charge is 0.748 e. The standard InChI is InChI=1S/C12H14N4O2S.C2H6O3S.Na/c1-8-7-9(2)15-12(14-8)16-19(17,18)11-5-3-10(13)4-6-11;1-2-6(3,4)5;/h3-7H,13H2,1-2H3,(H,14,15,16);2H2,1H3,(H,3,4,5);/q;;+1/p-1. The molecular formula is C14H19N4NaO5S2. The summed E-state index contributed by atoms with van der Waals surface area (Å²) in [5, 5.41) is 0. The molecule has 0 aliphatic heterocycles. The van der Waals surface area contributed by atoms with Crippen LogP contribution in [0.3, 0.4) is 0 Å². The summed E-state index contributed by atoms with van der Waals surface area (Å²) < 4.78 is 54.9. The van der Waals surface area contributed by atoms with E-state index in [2.05, 4.69) is 14.7 Å². The summed E-state index contributed by atoms with van der Waals surface area (Å²) in [6.07, 6.45) is 0. The van der Waals surface area contributed by atoms with Gasteiger partial charge < -0.3 is 10.3 Å². The van der Waals surface area contributed by atoms with Crippen molar-refractivity contribution in [1.29, 1.82) is 0 Å². The van der Waals surface area contributed by atoms with E-state index in [1.165, 1.54) is 31.2 Å². The molecule has 0 aliphatic rings. The molecule has 0 unspecified atom stereocenters. The normalized spacial score (nSPS) is 10.9. The minimum atomic E-state index is -3.91. The topological polar surface area (TPSA) is 155 Å². The van der Waals surface area contributed by atoms with Gasteiger partial charge in [-0.1, -0.05) is 6.92 Å². The summed E-state index contributed by atoms with van der Waals surface area (Å²) >= 11 is 0. The van der Waals surface area contributed by atoms with Crippen LogP contribution in [0, 0.1) is 13.8 Å². The molecule has 2 rings (SSSR count). The summed E-state index contributed by atoms with van der Waals surface area (Å²) in [5.74, 6) is -0.248. The number of nitrogens with one attached hydrogen (secondary N) is 1. The van der Waals surface area contributed by atoms with Crippen molar-refractivity contribution in [2.24, 2.45) is 0 Å². The largest absolute Gasteiger partial charge is 1.00 e. The van der Waals surface area contributed by atoms with E-state index < -0.39 is 20.1 Å². The molecule has 26 heavy (non-hydrogen) atoms. The molecule has 0 saturated heterocycles. The SMILES string of the molecule is CCS(=O)(=O)[O-].Cc1cc(C)nc(NS(=O)(=O)c2ccc(N)cc2)n1.[Na+]. The number of aromatic nitrogens is 2. The summed E-state index contributed by atoms with van der Waals surface area (Å²) in [5.41, 5.74) is 7.42.